The predicted molar refractivity (Wildman–Crippen MR) is 109 cm³/mol. The summed E-state index contributed by atoms with van der Waals surface area (Å²) in [5, 5.41) is 6.36. The van der Waals surface area contributed by atoms with Crippen LogP contribution in [0.3, 0.4) is 0 Å². The summed E-state index contributed by atoms with van der Waals surface area (Å²) in [6.07, 6.45) is 2.76. The number of hydrogen-bond donors (Lipinski definition) is 2. The van der Waals surface area contributed by atoms with E-state index in [2.05, 4.69) is 15.4 Å². The summed E-state index contributed by atoms with van der Waals surface area (Å²) in [7, 11) is 1.29. The summed E-state index contributed by atoms with van der Waals surface area (Å²) >= 11 is 0. The molecule has 2 aromatic rings. The maximum absolute atomic E-state index is 12.1. The number of ether oxygens (including phenoxy) is 1. The fourth-order valence-electron chi connectivity index (χ4n) is 2.85. The van der Waals surface area contributed by atoms with E-state index in [0.717, 1.165) is 23.8 Å². The topological polar surface area (TPSA) is 115 Å². The van der Waals surface area contributed by atoms with Crippen molar-refractivity contribution in [2.75, 3.05) is 19.0 Å². The maximum atomic E-state index is 12.1. The number of nitrogens with one attached hydrogen (secondary N) is 2. The molecule has 0 spiro atoms. The van der Waals surface area contributed by atoms with Crippen molar-refractivity contribution in [2.45, 2.75) is 45.4 Å². The molecule has 29 heavy (non-hydrogen) atoms. The van der Waals surface area contributed by atoms with Gasteiger partial charge in [0.25, 0.3) is 0 Å². The van der Waals surface area contributed by atoms with Gasteiger partial charge in [0.15, 0.2) is 0 Å². The van der Waals surface area contributed by atoms with Crippen molar-refractivity contribution < 1.29 is 23.5 Å². The molecule has 0 saturated carbocycles. The molecule has 2 rings (SSSR count). The number of rotatable bonds is 10. The van der Waals surface area contributed by atoms with Crippen LogP contribution in [0, 0.1) is 6.92 Å². The van der Waals surface area contributed by atoms with Crippen molar-refractivity contribution in [3.63, 3.8) is 0 Å². The number of amides is 2. The van der Waals surface area contributed by atoms with E-state index in [4.69, 9.17) is 4.42 Å². The first kappa shape index (κ1) is 22.1. The highest BCUT2D eigenvalue weighted by Gasteiger charge is 2.08. The van der Waals surface area contributed by atoms with Gasteiger partial charge in [-0.05, 0) is 37.5 Å². The van der Waals surface area contributed by atoms with Gasteiger partial charge in [-0.1, -0.05) is 6.42 Å². The third-order valence-electron chi connectivity index (χ3n) is 4.42. The average Bonchev–Trinajstić information content (AvgIpc) is 2.68. The molecule has 1 heterocycles. The zero-order valence-electron chi connectivity index (χ0n) is 16.7. The maximum Gasteiger partial charge on any atom is 0.336 e. The number of carbonyl (C=O) groups is 3. The minimum absolute atomic E-state index is 0.0697. The van der Waals surface area contributed by atoms with Gasteiger partial charge in [0, 0.05) is 42.6 Å². The Morgan fingerprint density at radius 3 is 2.55 bits per heavy atom. The summed E-state index contributed by atoms with van der Waals surface area (Å²) in [5.41, 5.74) is 1.42. The van der Waals surface area contributed by atoms with Gasteiger partial charge >= 0.3 is 11.6 Å². The summed E-state index contributed by atoms with van der Waals surface area (Å²) < 4.78 is 9.66. The van der Waals surface area contributed by atoms with E-state index in [0.29, 0.717) is 30.7 Å². The number of hydrogen-bond acceptors (Lipinski definition) is 6. The zero-order chi connectivity index (χ0) is 21.2. The van der Waals surface area contributed by atoms with Crippen LogP contribution in [0.2, 0.25) is 0 Å². The van der Waals surface area contributed by atoms with Gasteiger partial charge in [0.2, 0.25) is 11.8 Å². The first-order valence-electron chi connectivity index (χ1n) is 9.57. The molecule has 2 amide bonds. The molecule has 0 aliphatic rings. The number of anilines is 1. The van der Waals surface area contributed by atoms with Gasteiger partial charge in [-0.25, -0.2) is 4.79 Å². The van der Waals surface area contributed by atoms with Crippen LogP contribution < -0.4 is 16.3 Å². The first-order valence-corrected chi connectivity index (χ1v) is 9.57. The summed E-state index contributed by atoms with van der Waals surface area (Å²) in [6, 6.07) is 6.66. The SMILES string of the molecule is COC(=O)CCC(=O)NCCCCCC(=O)Nc1ccc2c(C)cc(=O)oc2c1. The molecular formula is C21H26N2O6. The van der Waals surface area contributed by atoms with Gasteiger partial charge in [0.1, 0.15) is 5.58 Å². The highest BCUT2D eigenvalue weighted by molar-refractivity contribution is 5.93. The molecule has 0 saturated heterocycles. The Hall–Kier alpha value is -3.16. The van der Waals surface area contributed by atoms with Crippen LogP contribution >= 0.6 is 0 Å². The Labute approximate surface area is 168 Å². The fraction of sp³-hybridized carbons (Fsp3) is 0.429. The monoisotopic (exact) mass is 402 g/mol. The number of benzene rings is 1. The Kier molecular flexibility index (Phi) is 8.39. The number of methoxy groups -OCH3 is 1. The van der Waals surface area contributed by atoms with Crippen LogP contribution in [0.15, 0.2) is 33.5 Å². The molecule has 0 fully saturated rings. The number of fused-ring (bicyclic) bond motifs is 1. The lowest BCUT2D eigenvalue weighted by Gasteiger charge is -2.07. The second-order valence-electron chi connectivity index (χ2n) is 6.74. The van der Waals surface area contributed by atoms with Crippen molar-refractivity contribution in [2.24, 2.45) is 0 Å². The Balaban J connectivity index is 1.66. The number of carbonyl (C=O) groups excluding carboxylic acids is 3. The van der Waals surface area contributed by atoms with Crippen LogP contribution in [0.5, 0.6) is 0 Å². The second-order valence-corrected chi connectivity index (χ2v) is 6.74. The molecule has 2 N–H and O–H groups in total. The molecule has 0 aliphatic carbocycles. The number of unbranched alkanes of at least 4 members (excludes halogenated alkanes) is 2. The van der Waals surface area contributed by atoms with E-state index in [1.165, 1.54) is 13.2 Å². The standard InChI is InChI=1S/C21H26N2O6/c1-14-12-21(27)29-17-13-15(7-8-16(14)17)23-19(25)6-4-3-5-11-22-18(24)9-10-20(26)28-2/h7-8,12-13H,3-6,9-11H2,1-2H3,(H,22,24)(H,23,25). The second kappa shape index (κ2) is 11.0. The molecule has 0 atom stereocenters. The summed E-state index contributed by atoms with van der Waals surface area (Å²) in [5.74, 6) is -0.720. The van der Waals surface area contributed by atoms with Crippen molar-refractivity contribution in [1.82, 2.24) is 5.32 Å². The summed E-state index contributed by atoms with van der Waals surface area (Å²) in [6.45, 7) is 2.34. The van der Waals surface area contributed by atoms with Crippen LogP contribution in [-0.2, 0) is 19.1 Å². The summed E-state index contributed by atoms with van der Waals surface area (Å²) in [4.78, 5) is 46.1. The van der Waals surface area contributed by atoms with E-state index >= 15 is 0 Å². The van der Waals surface area contributed by atoms with Gasteiger partial charge in [-0.15, -0.1) is 0 Å². The minimum atomic E-state index is -0.420. The van der Waals surface area contributed by atoms with Crippen molar-refractivity contribution in [3.05, 3.63) is 40.2 Å². The van der Waals surface area contributed by atoms with Gasteiger partial charge in [-0.3, -0.25) is 14.4 Å². The van der Waals surface area contributed by atoms with Gasteiger partial charge in [-0.2, -0.15) is 0 Å². The molecule has 0 unspecified atom stereocenters. The normalized spacial score (nSPS) is 10.6. The Bertz CT molecular complexity index is 934. The van der Waals surface area contributed by atoms with E-state index in [1.54, 1.807) is 12.1 Å². The van der Waals surface area contributed by atoms with Crippen molar-refractivity contribution in [1.29, 1.82) is 0 Å². The highest BCUT2D eigenvalue weighted by atomic mass is 16.5. The Morgan fingerprint density at radius 2 is 1.79 bits per heavy atom. The molecule has 0 radical (unpaired) electrons. The largest absolute Gasteiger partial charge is 0.469 e. The fourth-order valence-corrected chi connectivity index (χ4v) is 2.85. The van der Waals surface area contributed by atoms with Crippen molar-refractivity contribution in [3.8, 4) is 0 Å². The van der Waals surface area contributed by atoms with Crippen LogP contribution in [0.4, 0.5) is 5.69 Å². The van der Waals surface area contributed by atoms with E-state index < -0.39 is 11.6 Å². The van der Waals surface area contributed by atoms with Gasteiger partial charge in [0.05, 0.1) is 13.5 Å². The molecular weight excluding hydrogens is 376 g/mol. The molecule has 1 aromatic carbocycles. The van der Waals surface area contributed by atoms with Crippen LogP contribution in [-0.4, -0.2) is 31.4 Å². The first-order chi connectivity index (χ1) is 13.9. The molecule has 8 nitrogen and oxygen atoms in total. The predicted octanol–water partition coefficient (Wildman–Crippen LogP) is 2.67. The number of aryl methyl sites for hydroxylation is 1. The van der Waals surface area contributed by atoms with E-state index in [1.807, 2.05) is 13.0 Å². The third-order valence-corrected chi connectivity index (χ3v) is 4.42. The smallest absolute Gasteiger partial charge is 0.336 e. The number of esters is 1. The molecule has 156 valence electrons. The van der Waals surface area contributed by atoms with E-state index in [9.17, 15) is 19.2 Å². The lowest BCUT2D eigenvalue weighted by molar-refractivity contribution is -0.142. The van der Waals surface area contributed by atoms with Crippen LogP contribution in [0.25, 0.3) is 11.0 Å². The molecule has 0 aliphatic heterocycles. The highest BCUT2D eigenvalue weighted by Crippen LogP contribution is 2.21. The average molecular weight is 402 g/mol. The molecule has 1 aromatic heterocycles. The Morgan fingerprint density at radius 1 is 1.00 bits per heavy atom. The third kappa shape index (κ3) is 7.40. The molecule has 0 bridgehead atoms. The lowest BCUT2D eigenvalue weighted by atomic mass is 10.1. The quantitative estimate of drug-likeness (QED) is 0.359. The van der Waals surface area contributed by atoms with Gasteiger partial charge < -0.3 is 19.8 Å². The van der Waals surface area contributed by atoms with Crippen LogP contribution in [0.1, 0.15) is 44.1 Å². The lowest BCUT2D eigenvalue weighted by Crippen LogP contribution is -2.25. The van der Waals surface area contributed by atoms with E-state index in [-0.39, 0.29) is 24.7 Å². The minimum Gasteiger partial charge on any atom is -0.469 e. The molecule has 8 heteroatoms. The van der Waals surface area contributed by atoms with Crippen molar-refractivity contribution >= 4 is 34.4 Å². The zero-order valence-corrected chi connectivity index (χ0v) is 16.7.